The number of carbonyl (C=O) groups excluding carboxylic acids is 1. The lowest BCUT2D eigenvalue weighted by Gasteiger charge is -2.06. The van der Waals surface area contributed by atoms with Crippen molar-refractivity contribution in [3.63, 3.8) is 0 Å². The summed E-state index contributed by atoms with van der Waals surface area (Å²) in [7, 11) is 0. The van der Waals surface area contributed by atoms with E-state index in [1.165, 1.54) is 0 Å². The van der Waals surface area contributed by atoms with Crippen LogP contribution in [0.5, 0.6) is 0 Å². The first-order valence-corrected chi connectivity index (χ1v) is 7.85. The van der Waals surface area contributed by atoms with Gasteiger partial charge in [-0.15, -0.1) is 13.2 Å². The molecular formula is C18H29NO4. The molecule has 0 atom stereocenters. The topological polar surface area (TPSA) is 75.6 Å². The molecule has 1 rings (SSSR count). The van der Waals surface area contributed by atoms with E-state index in [4.69, 9.17) is 9.84 Å². The van der Waals surface area contributed by atoms with Crippen molar-refractivity contribution < 1.29 is 19.4 Å². The third kappa shape index (κ3) is 15.9. The van der Waals surface area contributed by atoms with Gasteiger partial charge in [0.1, 0.15) is 6.61 Å². The van der Waals surface area contributed by atoms with Crippen molar-refractivity contribution in [2.45, 2.75) is 46.1 Å². The molecule has 0 bridgehead atoms. The summed E-state index contributed by atoms with van der Waals surface area (Å²) in [6.07, 6.45) is 1.91. The van der Waals surface area contributed by atoms with Crippen LogP contribution in [0.4, 0.5) is 4.79 Å². The molecule has 0 unspecified atom stereocenters. The van der Waals surface area contributed by atoms with E-state index in [2.05, 4.69) is 18.5 Å². The molecule has 0 radical (unpaired) electrons. The Morgan fingerprint density at radius 3 is 2.26 bits per heavy atom. The van der Waals surface area contributed by atoms with E-state index in [0.717, 1.165) is 18.4 Å². The van der Waals surface area contributed by atoms with Gasteiger partial charge in [-0.3, -0.25) is 4.79 Å². The Bertz CT molecular complexity index is 407. The molecular weight excluding hydrogens is 294 g/mol. The van der Waals surface area contributed by atoms with Crippen LogP contribution in [0, 0.1) is 0 Å². The highest BCUT2D eigenvalue weighted by atomic mass is 16.5. The predicted molar refractivity (Wildman–Crippen MR) is 93.3 cm³/mol. The second-order valence-corrected chi connectivity index (χ2v) is 4.19. The molecule has 0 saturated heterocycles. The molecule has 0 aliphatic heterocycles. The lowest BCUT2D eigenvalue weighted by molar-refractivity contribution is -0.137. The summed E-state index contributed by atoms with van der Waals surface area (Å²) in [5.74, 6) is -0.782. The van der Waals surface area contributed by atoms with Gasteiger partial charge in [-0.05, 0) is 18.4 Å². The van der Waals surface area contributed by atoms with Crippen molar-refractivity contribution in [2.24, 2.45) is 0 Å². The lowest BCUT2D eigenvalue weighted by Crippen LogP contribution is -2.25. The standard InChI is InChI=1S/C14H19NO4.C2H6.C2H4/c16-13(17)9-5-2-6-10-15-14(18)19-11-12-7-3-1-4-8-12;2*1-2/h1,3-4,7-8H,2,5-6,9-11H2,(H,15,18)(H,16,17);1-2H3;1-2H2. The number of aliphatic carboxylic acids is 1. The van der Waals surface area contributed by atoms with Crippen LogP contribution < -0.4 is 5.32 Å². The largest absolute Gasteiger partial charge is 0.481 e. The Hall–Kier alpha value is -2.30. The fourth-order valence-corrected chi connectivity index (χ4v) is 1.54. The molecule has 23 heavy (non-hydrogen) atoms. The highest BCUT2D eigenvalue weighted by Gasteiger charge is 2.02. The van der Waals surface area contributed by atoms with Crippen molar-refractivity contribution in [2.75, 3.05) is 6.54 Å². The predicted octanol–water partition coefficient (Wildman–Crippen LogP) is 4.39. The van der Waals surface area contributed by atoms with E-state index in [9.17, 15) is 9.59 Å². The van der Waals surface area contributed by atoms with E-state index in [1.54, 1.807) is 0 Å². The second kappa shape index (κ2) is 17.8. The summed E-state index contributed by atoms with van der Waals surface area (Å²) >= 11 is 0. The minimum Gasteiger partial charge on any atom is -0.481 e. The lowest BCUT2D eigenvalue weighted by atomic mass is 10.2. The van der Waals surface area contributed by atoms with Gasteiger partial charge in [0.25, 0.3) is 0 Å². The van der Waals surface area contributed by atoms with Gasteiger partial charge in [-0.1, -0.05) is 50.6 Å². The number of benzene rings is 1. The SMILES string of the molecule is C=C.CC.O=C(O)CCCCCNC(=O)OCc1ccccc1. The Balaban J connectivity index is 0. The number of hydrogen-bond donors (Lipinski definition) is 2. The van der Waals surface area contributed by atoms with Crippen LogP contribution >= 0.6 is 0 Å². The first-order chi connectivity index (χ1) is 11.2. The van der Waals surface area contributed by atoms with Gasteiger partial charge < -0.3 is 15.2 Å². The summed E-state index contributed by atoms with van der Waals surface area (Å²) in [5, 5.41) is 11.1. The molecule has 5 nitrogen and oxygen atoms in total. The Morgan fingerprint density at radius 1 is 1.09 bits per heavy atom. The number of unbranched alkanes of at least 4 members (excludes halogenated alkanes) is 2. The van der Waals surface area contributed by atoms with Crippen LogP contribution in [-0.2, 0) is 16.1 Å². The molecule has 0 spiro atoms. The molecule has 0 fully saturated rings. The maximum atomic E-state index is 11.3. The Labute approximate surface area is 139 Å². The fraction of sp³-hybridized carbons (Fsp3) is 0.444. The first kappa shape index (κ1) is 23.0. The van der Waals surface area contributed by atoms with Crippen LogP contribution in [0.1, 0.15) is 45.1 Å². The maximum Gasteiger partial charge on any atom is 0.407 e. The maximum absolute atomic E-state index is 11.3. The molecule has 2 N–H and O–H groups in total. The Kier molecular flexibility index (Phi) is 17.7. The first-order valence-electron chi connectivity index (χ1n) is 7.85. The summed E-state index contributed by atoms with van der Waals surface area (Å²) < 4.78 is 5.03. The number of amides is 1. The van der Waals surface area contributed by atoms with E-state index < -0.39 is 12.1 Å². The van der Waals surface area contributed by atoms with Gasteiger partial charge in [0.05, 0.1) is 0 Å². The highest BCUT2D eigenvalue weighted by molar-refractivity contribution is 5.67. The third-order valence-electron chi connectivity index (χ3n) is 2.55. The number of alkyl carbamates (subject to hydrolysis) is 1. The van der Waals surface area contributed by atoms with Crippen LogP contribution in [0.3, 0.4) is 0 Å². The number of nitrogens with one attached hydrogen (secondary N) is 1. The molecule has 0 aliphatic rings. The van der Waals surface area contributed by atoms with Crippen molar-refractivity contribution >= 4 is 12.1 Å². The van der Waals surface area contributed by atoms with E-state index in [-0.39, 0.29) is 13.0 Å². The van der Waals surface area contributed by atoms with Gasteiger partial charge >= 0.3 is 12.1 Å². The second-order valence-electron chi connectivity index (χ2n) is 4.19. The minimum atomic E-state index is -0.782. The van der Waals surface area contributed by atoms with Crippen molar-refractivity contribution in [1.29, 1.82) is 0 Å². The number of rotatable bonds is 8. The molecule has 1 aromatic carbocycles. The molecule has 0 aromatic heterocycles. The normalized spacial score (nSPS) is 8.61. The average Bonchev–Trinajstić information content (AvgIpc) is 2.60. The number of carbonyl (C=O) groups is 2. The summed E-state index contributed by atoms with van der Waals surface area (Å²) in [6, 6.07) is 9.46. The number of carboxylic acid groups (broad SMARTS) is 1. The molecule has 0 saturated carbocycles. The van der Waals surface area contributed by atoms with Crippen molar-refractivity contribution in [3.05, 3.63) is 49.1 Å². The third-order valence-corrected chi connectivity index (χ3v) is 2.55. The van der Waals surface area contributed by atoms with Crippen molar-refractivity contribution in [1.82, 2.24) is 5.32 Å². The summed E-state index contributed by atoms with van der Waals surface area (Å²) in [5.41, 5.74) is 0.944. The summed E-state index contributed by atoms with van der Waals surface area (Å²) in [6.45, 7) is 10.8. The molecule has 0 aliphatic carbocycles. The van der Waals surface area contributed by atoms with Crippen molar-refractivity contribution in [3.8, 4) is 0 Å². The Morgan fingerprint density at radius 2 is 1.70 bits per heavy atom. The van der Waals surface area contributed by atoms with Gasteiger partial charge in [0.15, 0.2) is 0 Å². The number of carboxylic acids is 1. The van der Waals surface area contributed by atoms with Gasteiger partial charge in [-0.2, -0.15) is 0 Å². The van der Waals surface area contributed by atoms with Crippen LogP contribution in [-0.4, -0.2) is 23.7 Å². The van der Waals surface area contributed by atoms with E-state index in [0.29, 0.717) is 13.0 Å². The fourth-order valence-electron chi connectivity index (χ4n) is 1.54. The monoisotopic (exact) mass is 323 g/mol. The quantitative estimate of drug-likeness (QED) is 0.549. The van der Waals surface area contributed by atoms with E-state index in [1.807, 2.05) is 44.2 Å². The zero-order chi connectivity index (χ0) is 17.9. The van der Waals surface area contributed by atoms with Crippen LogP contribution in [0.2, 0.25) is 0 Å². The molecule has 130 valence electrons. The summed E-state index contributed by atoms with van der Waals surface area (Å²) in [4.78, 5) is 21.6. The van der Waals surface area contributed by atoms with E-state index >= 15 is 0 Å². The van der Waals surface area contributed by atoms with Gasteiger partial charge in [-0.25, -0.2) is 4.79 Å². The number of hydrogen-bond acceptors (Lipinski definition) is 3. The number of ether oxygens (including phenoxy) is 1. The zero-order valence-electron chi connectivity index (χ0n) is 14.2. The zero-order valence-corrected chi connectivity index (χ0v) is 14.2. The average molecular weight is 323 g/mol. The van der Waals surface area contributed by atoms with Crippen LogP contribution in [0.15, 0.2) is 43.5 Å². The molecule has 5 heteroatoms. The highest BCUT2D eigenvalue weighted by Crippen LogP contribution is 2.01. The molecule has 0 heterocycles. The molecule has 1 aromatic rings. The van der Waals surface area contributed by atoms with Crippen LogP contribution in [0.25, 0.3) is 0 Å². The van der Waals surface area contributed by atoms with Gasteiger partial charge in [0.2, 0.25) is 0 Å². The minimum absolute atomic E-state index is 0.179. The smallest absolute Gasteiger partial charge is 0.407 e. The molecule has 1 amide bonds. The van der Waals surface area contributed by atoms with Gasteiger partial charge in [0, 0.05) is 13.0 Å².